The molecule has 0 amide bonds. The van der Waals surface area contributed by atoms with E-state index in [0.717, 1.165) is 17.5 Å². The highest BCUT2D eigenvalue weighted by Gasteiger charge is 2.24. The van der Waals surface area contributed by atoms with Crippen molar-refractivity contribution in [2.45, 2.75) is 50.4 Å². The van der Waals surface area contributed by atoms with E-state index in [0.29, 0.717) is 6.04 Å². The third-order valence-electron chi connectivity index (χ3n) is 3.12. The van der Waals surface area contributed by atoms with Gasteiger partial charge in [-0.15, -0.1) is 0 Å². The van der Waals surface area contributed by atoms with E-state index in [2.05, 4.69) is 29.2 Å². The van der Waals surface area contributed by atoms with Crippen LogP contribution in [-0.2, 0) is 6.54 Å². The second-order valence-corrected chi connectivity index (χ2v) is 5.77. The van der Waals surface area contributed by atoms with Crippen LogP contribution in [-0.4, -0.2) is 22.2 Å². The van der Waals surface area contributed by atoms with Gasteiger partial charge in [-0.1, -0.05) is 24.9 Å². The fourth-order valence-electron chi connectivity index (χ4n) is 2.31. The summed E-state index contributed by atoms with van der Waals surface area (Å²) in [6.07, 6.45) is 7.04. The van der Waals surface area contributed by atoms with E-state index >= 15 is 0 Å². The fourth-order valence-corrected chi connectivity index (χ4v) is 3.53. The fraction of sp³-hybridized carbons (Fsp3) is 0.750. The molecular weight excluding hydrogens is 220 g/mol. The number of nitrogens with zero attached hydrogens (tertiary/aromatic N) is 1. The molecule has 1 aliphatic rings. The van der Waals surface area contributed by atoms with Crippen LogP contribution in [0.1, 0.15) is 38.3 Å². The van der Waals surface area contributed by atoms with E-state index < -0.39 is 0 Å². The molecule has 0 saturated heterocycles. The molecule has 1 aliphatic carbocycles. The van der Waals surface area contributed by atoms with Crippen LogP contribution in [0.3, 0.4) is 0 Å². The zero-order valence-corrected chi connectivity index (χ0v) is 10.6. The van der Waals surface area contributed by atoms with Crippen molar-refractivity contribution in [3.05, 3.63) is 18.0 Å². The molecule has 1 saturated carbocycles. The maximum atomic E-state index is 4.83. The summed E-state index contributed by atoms with van der Waals surface area (Å²) in [5, 5.41) is 8.33. The summed E-state index contributed by atoms with van der Waals surface area (Å²) in [5.74, 6) is 1.22. The molecular formula is C12H20N2OS. The molecule has 1 N–H and O–H groups in total. The summed E-state index contributed by atoms with van der Waals surface area (Å²) in [6.45, 7) is 3.08. The number of hydrogen-bond donors (Lipinski definition) is 1. The summed E-state index contributed by atoms with van der Waals surface area (Å²) in [4.78, 5) is 0. The third-order valence-corrected chi connectivity index (χ3v) is 4.45. The smallest absolute Gasteiger partial charge is 0.124 e. The van der Waals surface area contributed by atoms with Gasteiger partial charge in [0.15, 0.2) is 0 Å². The Morgan fingerprint density at radius 1 is 1.50 bits per heavy atom. The Bertz CT molecular complexity index is 287. The maximum absolute atomic E-state index is 4.83. The molecule has 0 bridgehead atoms. The standard InChI is InChI=1S/C12H20N2OS/c1-2-16-12-6-4-3-5-11(12)13-9-10-7-8-15-14-10/h7-8,11-13H,2-6,9H2,1H3/t11-,12-/m1/s1. The minimum atomic E-state index is 0.649. The van der Waals surface area contributed by atoms with Gasteiger partial charge in [-0.3, -0.25) is 0 Å². The number of thioether (sulfide) groups is 1. The van der Waals surface area contributed by atoms with Crippen LogP contribution in [0, 0.1) is 0 Å². The Morgan fingerprint density at radius 2 is 2.38 bits per heavy atom. The lowest BCUT2D eigenvalue weighted by molar-refractivity contribution is 0.369. The molecule has 1 fully saturated rings. The first-order chi connectivity index (χ1) is 7.90. The molecule has 0 spiro atoms. The Labute approximate surface area is 101 Å². The highest BCUT2D eigenvalue weighted by atomic mass is 32.2. The SMILES string of the molecule is CCS[C@@H]1CCCC[C@H]1NCc1ccon1. The van der Waals surface area contributed by atoms with Crippen molar-refractivity contribution in [2.75, 3.05) is 5.75 Å². The second-order valence-electron chi connectivity index (χ2n) is 4.26. The van der Waals surface area contributed by atoms with Gasteiger partial charge in [0.25, 0.3) is 0 Å². The van der Waals surface area contributed by atoms with E-state index in [1.54, 1.807) is 6.26 Å². The highest BCUT2D eigenvalue weighted by Crippen LogP contribution is 2.28. The van der Waals surface area contributed by atoms with Crippen LogP contribution in [0.5, 0.6) is 0 Å². The predicted molar refractivity (Wildman–Crippen MR) is 67.5 cm³/mol. The molecule has 0 aliphatic heterocycles. The van der Waals surface area contributed by atoms with E-state index in [-0.39, 0.29) is 0 Å². The van der Waals surface area contributed by atoms with E-state index in [1.807, 2.05) is 6.07 Å². The van der Waals surface area contributed by atoms with Crippen molar-refractivity contribution in [1.82, 2.24) is 10.5 Å². The minimum absolute atomic E-state index is 0.649. The Hall–Kier alpha value is -0.480. The molecule has 0 radical (unpaired) electrons. The van der Waals surface area contributed by atoms with Gasteiger partial charge < -0.3 is 9.84 Å². The number of aromatic nitrogens is 1. The molecule has 2 rings (SSSR count). The van der Waals surface area contributed by atoms with Crippen molar-refractivity contribution in [3.8, 4) is 0 Å². The monoisotopic (exact) mass is 240 g/mol. The van der Waals surface area contributed by atoms with Gasteiger partial charge in [0, 0.05) is 23.9 Å². The molecule has 1 heterocycles. The number of hydrogen-bond acceptors (Lipinski definition) is 4. The molecule has 4 heteroatoms. The predicted octanol–water partition coefficient (Wildman–Crippen LogP) is 2.83. The normalized spacial score (nSPS) is 25.8. The topological polar surface area (TPSA) is 38.1 Å². The summed E-state index contributed by atoms with van der Waals surface area (Å²) in [6, 6.07) is 2.58. The second kappa shape index (κ2) is 6.30. The van der Waals surface area contributed by atoms with E-state index in [4.69, 9.17) is 4.52 Å². The van der Waals surface area contributed by atoms with Crippen molar-refractivity contribution >= 4 is 11.8 Å². The first-order valence-corrected chi connectivity index (χ1v) is 7.19. The largest absolute Gasteiger partial charge is 0.364 e. The van der Waals surface area contributed by atoms with Crippen LogP contribution >= 0.6 is 11.8 Å². The van der Waals surface area contributed by atoms with Gasteiger partial charge in [-0.05, 0) is 18.6 Å². The molecule has 1 aromatic heterocycles. The summed E-state index contributed by atoms with van der Waals surface area (Å²) in [5.41, 5.74) is 1.01. The minimum Gasteiger partial charge on any atom is -0.364 e. The zero-order valence-electron chi connectivity index (χ0n) is 9.82. The van der Waals surface area contributed by atoms with Crippen molar-refractivity contribution in [2.24, 2.45) is 0 Å². The highest BCUT2D eigenvalue weighted by molar-refractivity contribution is 7.99. The maximum Gasteiger partial charge on any atom is 0.124 e. The Balaban J connectivity index is 1.81. The number of nitrogens with one attached hydrogen (secondary N) is 1. The molecule has 90 valence electrons. The lowest BCUT2D eigenvalue weighted by Gasteiger charge is -2.31. The van der Waals surface area contributed by atoms with Crippen molar-refractivity contribution < 1.29 is 4.52 Å². The lowest BCUT2D eigenvalue weighted by Crippen LogP contribution is -2.40. The average molecular weight is 240 g/mol. The quantitative estimate of drug-likeness (QED) is 0.859. The van der Waals surface area contributed by atoms with Crippen LogP contribution in [0.4, 0.5) is 0 Å². The van der Waals surface area contributed by atoms with Gasteiger partial charge in [0.1, 0.15) is 6.26 Å². The van der Waals surface area contributed by atoms with Gasteiger partial charge in [-0.25, -0.2) is 0 Å². The molecule has 0 unspecified atom stereocenters. The summed E-state index contributed by atoms with van der Waals surface area (Å²) < 4.78 is 4.83. The van der Waals surface area contributed by atoms with Gasteiger partial charge in [0.2, 0.25) is 0 Å². The van der Waals surface area contributed by atoms with Crippen LogP contribution in [0.25, 0.3) is 0 Å². The van der Waals surface area contributed by atoms with Crippen LogP contribution in [0.2, 0.25) is 0 Å². The summed E-state index contributed by atoms with van der Waals surface area (Å²) in [7, 11) is 0. The third kappa shape index (κ3) is 3.25. The van der Waals surface area contributed by atoms with E-state index in [1.165, 1.54) is 31.4 Å². The molecule has 3 nitrogen and oxygen atoms in total. The van der Waals surface area contributed by atoms with Crippen LogP contribution < -0.4 is 5.32 Å². The molecule has 0 aromatic carbocycles. The Morgan fingerprint density at radius 3 is 3.12 bits per heavy atom. The van der Waals surface area contributed by atoms with Crippen molar-refractivity contribution in [1.29, 1.82) is 0 Å². The van der Waals surface area contributed by atoms with E-state index in [9.17, 15) is 0 Å². The average Bonchev–Trinajstić information content (AvgIpc) is 2.81. The summed E-state index contributed by atoms with van der Waals surface area (Å²) >= 11 is 2.09. The Kier molecular flexibility index (Phi) is 4.72. The van der Waals surface area contributed by atoms with Crippen LogP contribution in [0.15, 0.2) is 16.9 Å². The van der Waals surface area contributed by atoms with Crippen molar-refractivity contribution in [3.63, 3.8) is 0 Å². The molecule has 1 aromatic rings. The van der Waals surface area contributed by atoms with Gasteiger partial charge in [0.05, 0.1) is 5.69 Å². The lowest BCUT2D eigenvalue weighted by atomic mass is 9.95. The first-order valence-electron chi connectivity index (χ1n) is 6.14. The number of rotatable bonds is 5. The molecule has 16 heavy (non-hydrogen) atoms. The zero-order chi connectivity index (χ0) is 11.2. The molecule has 2 atom stereocenters. The van der Waals surface area contributed by atoms with Gasteiger partial charge >= 0.3 is 0 Å². The first kappa shape index (κ1) is 12.0. The van der Waals surface area contributed by atoms with Gasteiger partial charge in [-0.2, -0.15) is 11.8 Å².